The third-order valence-electron chi connectivity index (χ3n) is 4.32. The van der Waals surface area contributed by atoms with E-state index in [4.69, 9.17) is 5.26 Å². The molecule has 1 atom stereocenters. The van der Waals surface area contributed by atoms with Crippen molar-refractivity contribution in [2.75, 3.05) is 25.5 Å². The Balaban J connectivity index is 1.90. The van der Waals surface area contributed by atoms with Crippen LogP contribution in [0.2, 0.25) is 0 Å². The highest BCUT2D eigenvalue weighted by molar-refractivity contribution is 7.19. The third kappa shape index (κ3) is 2.79. The number of hydrogen-bond acceptors (Lipinski definition) is 5. The summed E-state index contributed by atoms with van der Waals surface area (Å²) >= 11 is 1.22. The van der Waals surface area contributed by atoms with Crippen LogP contribution in [0.4, 0.5) is 10.1 Å². The Kier molecular flexibility index (Phi) is 3.79. The van der Waals surface area contributed by atoms with Crippen LogP contribution >= 0.6 is 11.3 Å². The van der Waals surface area contributed by atoms with Crippen LogP contribution in [0.25, 0.3) is 10.2 Å². The van der Waals surface area contributed by atoms with E-state index in [1.807, 2.05) is 6.07 Å². The second-order valence-electron chi connectivity index (χ2n) is 6.64. The number of piperidine rings is 1. The summed E-state index contributed by atoms with van der Waals surface area (Å²) in [5, 5.41) is 12.6. The summed E-state index contributed by atoms with van der Waals surface area (Å²) in [4.78, 5) is 6.52. The van der Waals surface area contributed by atoms with Gasteiger partial charge in [-0.25, -0.2) is 9.37 Å². The number of nitrogens with zero attached hydrogens (tertiary/aromatic N) is 3. The van der Waals surface area contributed by atoms with E-state index in [1.165, 1.54) is 17.4 Å². The molecule has 0 radical (unpaired) electrons. The normalized spacial score (nSPS) is 21.7. The van der Waals surface area contributed by atoms with E-state index in [0.717, 1.165) is 19.5 Å². The van der Waals surface area contributed by atoms with E-state index in [0.29, 0.717) is 20.9 Å². The molecule has 2 heterocycles. The molecule has 2 aromatic rings. The van der Waals surface area contributed by atoms with Gasteiger partial charge in [0.15, 0.2) is 5.01 Å². The average molecular weight is 318 g/mol. The SMILES string of the molecule is CN1CC[C@H](Nc2cc3nc(C#N)sc3cc2F)C(C)(C)C1. The highest BCUT2D eigenvalue weighted by atomic mass is 32.1. The van der Waals surface area contributed by atoms with Crippen molar-refractivity contribution in [1.82, 2.24) is 9.88 Å². The highest BCUT2D eigenvalue weighted by Crippen LogP contribution is 2.33. The molecular formula is C16H19FN4S. The molecule has 1 aliphatic rings. The maximum absolute atomic E-state index is 14.3. The van der Waals surface area contributed by atoms with Crippen molar-refractivity contribution in [1.29, 1.82) is 5.26 Å². The van der Waals surface area contributed by atoms with E-state index in [1.54, 1.807) is 6.07 Å². The monoisotopic (exact) mass is 318 g/mol. The Labute approximate surface area is 133 Å². The number of thiazole rings is 1. The van der Waals surface area contributed by atoms with Gasteiger partial charge in [-0.2, -0.15) is 5.26 Å². The third-order valence-corrected chi connectivity index (χ3v) is 5.25. The number of benzene rings is 1. The molecule has 116 valence electrons. The van der Waals surface area contributed by atoms with Crippen molar-refractivity contribution < 1.29 is 4.39 Å². The molecule has 1 saturated heterocycles. The van der Waals surface area contributed by atoms with Gasteiger partial charge in [0.25, 0.3) is 0 Å². The van der Waals surface area contributed by atoms with Crippen molar-refractivity contribution >= 4 is 27.2 Å². The summed E-state index contributed by atoms with van der Waals surface area (Å²) in [6.07, 6.45) is 0.974. The molecule has 1 aromatic carbocycles. The maximum Gasteiger partial charge on any atom is 0.195 e. The summed E-state index contributed by atoms with van der Waals surface area (Å²) in [7, 11) is 2.11. The van der Waals surface area contributed by atoms with Gasteiger partial charge in [0.05, 0.1) is 15.9 Å². The number of nitriles is 1. The molecule has 1 aromatic heterocycles. The summed E-state index contributed by atoms with van der Waals surface area (Å²) in [6, 6.07) is 5.42. The minimum absolute atomic E-state index is 0.0638. The van der Waals surface area contributed by atoms with Crippen LogP contribution in [0.1, 0.15) is 25.3 Å². The van der Waals surface area contributed by atoms with Gasteiger partial charge in [0.1, 0.15) is 11.9 Å². The van der Waals surface area contributed by atoms with Crippen molar-refractivity contribution in [3.05, 3.63) is 23.0 Å². The van der Waals surface area contributed by atoms with E-state index < -0.39 is 0 Å². The molecule has 0 spiro atoms. The fraction of sp³-hybridized carbons (Fsp3) is 0.500. The fourth-order valence-electron chi connectivity index (χ4n) is 3.19. The number of hydrogen-bond donors (Lipinski definition) is 1. The smallest absolute Gasteiger partial charge is 0.195 e. The predicted molar refractivity (Wildman–Crippen MR) is 87.6 cm³/mol. The summed E-state index contributed by atoms with van der Waals surface area (Å²) in [6.45, 7) is 6.38. The van der Waals surface area contributed by atoms with E-state index >= 15 is 0 Å². The molecule has 1 fully saturated rings. The van der Waals surface area contributed by atoms with Crippen molar-refractivity contribution in [3.63, 3.8) is 0 Å². The minimum atomic E-state index is -0.282. The molecule has 0 bridgehead atoms. The van der Waals surface area contributed by atoms with E-state index in [2.05, 4.69) is 36.1 Å². The Morgan fingerprint density at radius 3 is 2.95 bits per heavy atom. The van der Waals surface area contributed by atoms with Crippen LogP contribution in [0.15, 0.2) is 12.1 Å². The molecule has 6 heteroatoms. The van der Waals surface area contributed by atoms with Crippen LogP contribution in [0.5, 0.6) is 0 Å². The topological polar surface area (TPSA) is 52.0 Å². The zero-order chi connectivity index (χ0) is 15.9. The number of nitrogens with one attached hydrogen (secondary N) is 1. The minimum Gasteiger partial charge on any atom is -0.379 e. The number of likely N-dealkylation sites (tertiary alicyclic amines) is 1. The lowest BCUT2D eigenvalue weighted by molar-refractivity contribution is 0.126. The average Bonchev–Trinajstić information content (AvgIpc) is 2.83. The molecule has 0 aliphatic carbocycles. The molecular weight excluding hydrogens is 299 g/mol. The van der Waals surface area contributed by atoms with Gasteiger partial charge in [-0.15, -0.1) is 11.3 Å². The van der Waals surface area contributed by atoms with Crippen LogP contribution in [-0.2, 0) is 0 Å². The number of aromatic nitrogens is 1. The highest BCUT2D eigenvalue weighted by Gasteiger charge is 2.34. The Morgan fingerprint density at radius 1 is 1.50 bits per heavy atom. The van der Waals surface area contributed by atoms with Crippen LogP contribution in [-0.4, -0.2) is 36.1 Å². The molecule has 0 saturated carbocycles. The zero-order valence-corrected chi connectivity index (χ0v) is 13.8. The number of halogens is 1. The van der Waals surface area contributed by atoms with Gasteiger partial charge in [0.2, 0.25) is 0 Å². The second kappa shape index (κ2) is 5.49. The first-order chi connectivity index (χ1) is 10.4. The summed E-state index contributed by atoms with van der Waals surface area (Å²) in [5.74, 6) is -0.282. The largest absolute Gasteiger partial charge is 0.379 e. The molecule has 22 heavy (non-hydrogen) atoms. The summed E-state index contributed by atoms with van der Waals surface area (Å²) < 4.78 is 15.0. The quantitative estimate of drug-likeness (QED) is 0.921. The van der Waals surface area contributed by atoms with Gasteiger partial charge in [-0.1, -0.05) is 13.8 Å². The first kappa shape index (κ1) is 15.2. The van der Waals surface area contributed by atoms with Gasteiger partial charge < -0.3 is 10.2 Å². The Bertz CT molecular complexity index is 746. The van der Waals surface area contributed by atoms with Crippen molar-refractivity contribution in [3.8, 4) is 6.07 Å². The van der Waals surface area contributed by atoms with Crippen molar-refractivity contribution in [2.24, 2.45) is 5.41 Å². The molecule has 1 N–H and O–H groups in total. The van der Waals surface area contributed by atoms with E-state index in [-0.39, 0.29) is 17.3 Å². The number of anilines is 1. The molecule has 0 amide bonds. The molecule has 4 nitrogen and oxygen atoms in total. The van der Waals surface area contributed by atoms with Crippen LogP contribution in [0.3, 0.4) is 0 Å². The lowest BCUT2D eigenvalue weighted by Crippen LogP contribution is -2.50. The van der Waals surface area contributed by atoms with Gasteiger partial charge in [0, 0.05) is 12.6 Å². The Morgan fingerprint density at radius 2 is 2.27 bits per heavy atom. The number of rotatable bonds is 2. The van der Waals surface area contributed by atoms with Gasteiger partial charge >= 0.3 is 0 Å². The van der Waals surface area contributed by atoms with Gasteiger partial charge in [-0.3, -0.25) is 0 Å². The fourth-order valence-corrected chi connectivity index (χ4v) is 3.96. The van der Waals surface area contributed by atoms with Gasteiger partial charge in [-0.05, 0) is 37.6 Å². The molecule has 0 unspecified atom stereocenters. The predicted octanol–water partition coefficient (Wildman–Crippen LogP) is 3.45. The first-order valence-corrected chi connectivity index (χ1v) is 8.16. The molecule has 3 rings (SSSR count). The van der Waals surface area contributed by atoms with Crippen LogP contribution < -0.4 is 5.32 Å². The first-order valence-electron chi connectivity index (χ1n) is 7.34. The van der Waals surface area contributed by atoms with Crippen LogP contribution in [0, 0.1) is 22.6 Å². The van der Waals surface area contributed by atoms with E-state index in [9.17, 15) is 4.39 Å². The standard InChI is InChI=1S/C16H19FN4S/c1-16(2)9-21(3)5-4-14(16)19-11-7-12-13(6-10(11)17)22-15(8-18)20-12/h6-7,14,19H,4-5,9H2,1-3H3/t14-/m0/s1. The lowest BCUT2D eigenvalue weighted by Gasteiger charge is -2.43. The number of fused-ring (bicyclic) bond motifs is 1. The maximum atomic E-state index is 14.3. The molecule has 1 aliphatic heterocycles. The second-order valence-corrected chi connectivity index (χ2v) is 7.67. The Hall–Kier alpha value is -1.71. The lowest BCUT2D eigenvalue weighted by atomic mass is 9.79. The van der Waals surface area contributed by atoms with Crippen molar-refractivity contribution in [2.45, 2.75) is 26.3 Å². The zero-order valence-electron chi connectivity index (χ0n) is 13.0. The summed E-state index contributed by atoms with van der Waals surface area (Å²) in [5.41, 5.74) is 1.22.